The van der Waals surface area contributed by atoms with Crippen LogP contribution in [0.2, 0.25) is 0 Å². The highest BCUT2D eigenvalue weighted by Gasteiger charge is 2.01. The molecule has 2 aromatic carbocycles. The number of hydrogen-bond acceptors (Lipinski definition) is 5. The van der Waals surface area contributed by atoms with Crippen LogP contribution in [0, 0.1) is 6.92 Å². The van der Waals surface area contributed by atoms with E-state index in [1.54, 1.807) is 35.3 Å². The Kier molecular flexibility index (Phi) is 7.70. The van der Waals surface area contributed by atoms with Gasteiger partial charge in [0.1, 0.15) is 12.4 Å². The summed E-state index contributed by atoms with van der Waals surface area (Å²) in [6.45, 7) is 3.04. The van der Waals surface area contributed by atoms with E-state index in [0.29, 0.717) is 13.2 Å². The molecule has 0 saturated heterocycles. The van der Waals surface area contributed by atoms with Crippen LogP contribution in [-0.2, 0) is 11.4 Å². The quantitative estimate of drug-likeness (QED) is 0.308. The van der Waals surface area contributed by atoms with Crippen LogP contribution in [0.25, 0.3) is 6.08 Å². The molecule has 0 aliphatic carbocycles. The zero-order chi connectivity index (χ0) is 19.6. The molecule has 1 heterocycles. The van der Waals surface area contributed by atoms with Crippen molar-refractivity contribution in [2.45, 2.75) is 18.4 Å². The zero-order valence-electron chi connectivity index (χ0n) is 15.6. The fourth-order valence-corrected chi connectivity index (χ4v) is 3.82. The number of aryl methyl sites for hydroxylation is 1. The molecule has 0 fully saturated rings. The topological polar surface area (TPSA) is 51.2 Å². The molecule has 0 aliphatic rings. The first-order valence-electron chi connectivity index (χ1n) is 8.97. The number of carbonyl (C=O) groups is 1. The summed E-state index contributed by atoms with van der Waals surface area (Å²) in [5.74, 6) is 1.49. The summed E-state index contributed by atoms with van der Waals surface area (Å²) in [6.07, 6.45) is 3.34. The van der Waals surface area contributed by atoms with Gasteiger partial charge in [-0.2, -0.15) is 0 Å². The number of amides is 1. The number of rotatable bonds is 9. The first-order valence-corrected chi connectivity index (χ1v) is 10.8. The van der Waals surface area contributed by atoms with Gasteiger partial charge in [-0.15, -0.1) is 23.1 Å². The van der Waals surface area contributed by atoms with Gasteiger partial charge >= 0.3 is 0 Å². The predicted molar refractivity (Wildman–Crippen MR) is 117 cm³/mol. The molecular formula is C22H22N2O2S2. The van der Waals surface area contributed by atoms with Gasteiger partial charge in [-0.3, -0.25) is 4.79 Å². The van der Waals surface area contributed by atoms with Crippen LogP contribution in [0.4, 0.5) is 0 Å². The maximum Gasteiger partial charge on any atom is 0.244 e. The molecule has 0 atom stereocenters. The second-order valence-electron chi connectivity index (χ2n) is 6.00. The van der Waals surface area contributed by atoms with Gasteiger partial charge in [0.2, 0.25) is 5.91 Å². The van der Waals surface area contributed by atoms with Crippen molar-refractivity contribution in [2.24, 2.45) is 0 Å². The van der Waals surface area contributed by atoms with Crippen molar-refractivity contribution >= 4 is 35.1 Å². The number of nitrogens with one attached hydrogen (secondary N) is 1. The third-order valence-electron chi connectivity index (χ3n) is 3.75. The summed E-state index contributed by atoms with van der Waals surface area (Å²) >= 11 is 3.34. The van der Waals surface area contributed by atoms with Crippen molar-refractivity contribution in [1.82, 2.24) is 10.3 Å². The van der Waals surface area contributed by atoms with Gasteiger partial charge in [-0.05, 0) is 42.8 Å². The van der Waals surface area contributed by atoms with Crippen molar-refractivity contribution in [3.05, 3.63) is 82.3 Å². The van der Waals surface area contributed by atoms with Crippen LogP contribution in [-0.4, -0.2) is 23.2 Å². The van der Waals surface area contributed by atoms with Crippen LogP contribution >= 0.6 is 23.1 Å². The van der Waals surface area contributed by atoms with Gasteiger partial charge in [-0.25, -0.2) is 4.98 Å². The Labute approximate surface area is 173 Å². The van der Waals surface area contributed by atoms with Crippen LogP contribution in [0.5, 0.6) is 5.75 Å². The smallest absolute Gasteiger partial charge is 0.244 e. The maximum atomic E-state index is 12.0. The largest absolute Gasteiger partial charge is 0.487 e. The van der Waals surface area contributed by atoms with Crippen molar-refractivity contribution in [1.29, 1.82) is 0 Å². The SMILES string of the molecule is Cc1nc(COc2cccc(/C=C/C(=O)NCCSc3ccccc3)c2)cs1. The summed E-state index contributed by atoms with van der Waals surface area (Å²) < 4.78 is 5.78. The molecule has 0 spiro atoms. The normalized spacial score (nSPS) is 10.9. The molecule has 0 aliphatic heterocycles. The molecule has 3 rings (SSSR count). The molecule has 28 heavy (non-hydrogen) atoms. The number of thiazole rings is 1. The van der Waals surface area contributed by atoms with E-state index < -0.39 is 0 Å². The number of thioether (sulfide) groups is 1. The third-order valence-corrected chi connectivity index (χ3v) is 5.59. The minimum Gasteiger partial charge on any atom is -0.487 e. The molecule has 1 N–H and O–H groups in total. The molecule has 1 aromatic heterocycles. The Morgan fingerprint density at radius 3 is 2.86 bits per heavy atom. The van der Waals surface area contributed by atoms with Crippen LogP contribution in [0.15, 0.2) is 70.9 Å². The highest BCUT2D eigenvalue weighted by molar-refractivity contribution is 7.99. The lowest BCUT2D eigenvalue weighted by Gasteiger charge is -2.05. The lowest BCUT2D eigenvalue weighted by Crippen LogP contribution is -2.23. The van der Waals surface area contributed by atoms with Gasteiger partial charge in [0.05, 0.1) is 10.7 Å². The summed E-state index contributed by atoms with van der Waals surface area (Å²) in [5.41, 5.74) is 1.84. The molecule has 0 radical (unpaired) electrons. The van der Waals surface area contributed by atoms with E-state index in [-0.39, 0.29) is 5.91 Å². The van der Waals surface area contributed by atoms with Gasteiger partial charge in [-0.1, -0.05) is 30.3 Å². The Morgan fingerprint density at radius 1 is 1.21 bits per heavy atom. The molecule has 6 heteroatoms. The predicted octanol–water partition coefficient (Wildman–Crippen LogP) is 4.95. The summed E-state index contributed by atoms with van der Waals surface area (Å²) in [5, 5.41) is 5.93. The molecule has 4 nitrogen and oxygen atoms in total. The fourth-order valence-electron chi connectivity index (χ4n) is 2.43. The highest BCUT2D eigenvalue weighted by Crippen LogP contribution is 2.17. The molecular weight excluding hydrogens is 388 g/mol. The number of carbonyl (C=O) groups excluding carboxylic acids is 1. The number of benzene rings is 2. The number of nitrogens with zero attached hydrogens (tertiary/aromatic N) is 1. The van der Waals surface area contributed by atoms with Crippen LogP contribution < -0.4 is 10.1 Å². The van der Waals surface area contributed by atoms with Crippen LogP contribution in [0.1, 0.15) is 16.3 Å². The molecule has 0 saturated carbocycles. The zero-order valence-corrected chi connectivity index (χ0v) is 17.3. The molecule has 3 aromatic rings. The standard InChI is InChI=1S/C22H22N2O2S2/c1-17-24-19(16-28-17)15-26-20-7-5-6-18(14-20)10-11-22(25)23-12-13-27-21-8-3-2-4-9-21/h2-11,14,16H,12-13,15H2,1H3,(H,23,25)/b11-10+. The third kappa shape index (κ3) is 6.87. The number of ether oxygens (including phenoxy) is 1. The van der Waals surface area contributed by atoms with E-state index in [9.17, 15) is 4.79 Å². The van der Waals surface area contributed by atoms with Gasteiger partial charge in [0.15, 0.2) is 0 Å². The second-order valence-corrected chi connectivity index (χ2v) is 8.24. The minimum atomic E-state index is -0.0991. The maximum absolute atomic E-state index is 12.0. The fraction of sp³-hybridized carbons (Fsp3) is 0.182. The van der Waals surface area contributed by atoms with E-state index >= 15 is 0 Å². The lowest BCUT2D eigenvalue weighted by molar-refractivity contribution is -0.116. The minimum absolute atomic E-state index is 0.0991. The van der Waals surface area contributed by atoms with E-state index in [2.05, 4.69) is 22.4 Å². The van der Waals surface area contributed by atoms with Crippen molar-refractivity contribution in [3.8, 4) is 5.75 Å². The molecule has 0 bridgehead atoms. The monoisotopic (exact) mass is 410 g/mol. The summed E-state index contributed by atoms with van der Waals surface area (Å²) in [4.78, 5) is 17.6. The average Bonchev–Trinajstić information content (AvgIpc) is 3.14. The first kappa shape index (κ1) is 20.2. The van der Waals surface area contributed by atoms with E-state index in [1.165, 1.54) is 4.90 Å². The summed E-state index contributed by atoms with van der Waals surface area (Å²) in [6, 6.07) is 17.8. The Hall–Kier alpha value is -2.57. The Morgan fingerprint density at radius 2 is 2.07 bits per heavy atom. The number of hydrogen-bond donors (Lipinski definition) is 1. The summed E-state index contributed by atoms with van der Waals surface area (Å²) in [7, 11) is 0. The number of aromatic nitrogens is 1. The molecule has 0 unspecified atom stereocenters. The lowest BCUT2D eigenvalue weighted by atomic mass is 10.2. The van der Waals surface area contributed by atoms with Crippen LogP contribution in [0.3, 0.4) is 0 Å². The molecule has 1 amide bonds. The van der Waals surface area contributed by atoms with Crippen molar-refractivity contribution in [3.63, 3.8) is 0 Å². The second kappa shape index (κ2) is 10.7. The van der Waals surface area contributed by atoms with E-state index in [1.807, 2.05) is 54.8 Å². The Balaban J connectivity index is 1.42. The van der Waals surface area contributed by atoms with Crippen molar-refractivity contribution < 1.29 is 9.53 Å². The first-order chi connectivity index (χ1) is 13.7. The van der Waals surface area contributed by atoms with E-state index in [4.69, 9.17) is 4.74 Å². The van der Waals surface area contributed by atoms with Gasteiger partial charge < -0.3 is 10.1 Å². The molecule has 144 valence electrons. The average molecular weight is 411 g/mol. The Bertz CT molecular complexity index is 923. The highest BCUT2D eigenvalue weighted by atomic mass is 32.2. The van der Waals surface area contributed by atoms with Gasteiger partial charge in [0.25, 0.3) is 0 Å². The van der Waals surface area contributed by atoms with E-state index in [0.717, 1.165) is 27.8 Å². The van der Waals surface area contributed by atoms with Crippen molar-refractivity contribution in [2.75, 3.05) is 12.3 Å². The van der Waals surface area contributed by atoms with Gasteiger partial charge in [0, 0.05) is 28.6 Å².